The highest BCUT2D eigenvalue weighted by molar-refractivity contribution is 9.10. The van der Waals surface area contributed by atoms with Crippen molar-refractivity contribution in [3.63, 3.8) is 0 Å². The summed E-state index contributed by atoms with van der Waals surface area (Å²) in [5.74, 6) is 3.04. The highest BCUT2D eigenvalue weighted by Crippen LogP contribution is 2.39. The van der Waals surface area contributed by atoms with Gasteiger partial charge >= 0.3 is 0 Å². The molecule has 1 aliphatic rings. The number of imide groups is 1. The minimum Gasteiger partial charge on any atom is -0.493 e. The van der Waals surface area contributed by atoms with Gasteiger partial charge in [-0.15, -0.1) is 6.42 Å². The first-order valence-corrected chi connectivity index (χ1v) is 8.31. The molecule has 0 aliphatic carbocycles. The van der Waals surface area contributed by atoms with Crippen LogP contribution < -0.4 is 9.47 Å². The Balaban J connectivity index is 2.37. The van der Waals surface area contributed by atoms with E-state index in [-0.39, 0.29) is 17.7 Å². The van der Waals surface area contributed by atoms with Crippen molar-refractivity contribution in [1.29, 1.82) is 0 Å². The fourth-order valence-electron chi connectivity index (χ4n) is 1.99. The molecule has 1 heterocycles. The summed E-state index contributed by atoms with van der Waals surface area (Å²) in [4.78, 5) is 25.3. The van der Waals surface area contributed by atoms with E-state index in [4.69, 9.17) is 15.9 Å². The molecule has 1 aromatic carbocycles. The molecule has 0 bridgehead atoms. The largest absolute Gasteiger partial charge is 0.493 e. The van der Waals surface area contributed by atoms with Gasteiger partial charge in [0.15, 0.2) is 11.5 Å². The number of amides is 2. The Bertz CT molecular complexity index is 724. The molecule has 1 aliphatic heterocycles. The summed E-state index contributed by atoms with van der Waals surface area (Å²) in [6, 6.07) is 3.54. The predicted molar refractivity (Wildman–Crippen MR) is 93.4 cm³/mol. The number of ether oxygens (including phenoxy) is 2. The molecule has 7 heteroatoms. The highest BCUT2D eigenvalue weighted by Gasteiger charge is 2.34. The Kier molecular flexibility index (Phi) is 5.74. The van der Waals surface area contributed by atoms with E-state index in [2.05, 4.69) is 21.9 Å². The van der Waals surface area contributed by atoms with Crippen LogP contribution in [0.25, 0.3) is 6.08 Å². The summed E-state index contributed by atoms with van der Waals surface area (Å²) < 4.78 is 11.5. The Morgan fingerprint density at radius 3 is 2.78 bits per heavy atom. The minimum absolute atomic E-state index is 0.0295. The van der Waals surface area contributed by atoms with E-state index in [1.165, 1.54) is 7.11 Å². The van der Waals surface area contributed by atoms with Crippen molar-refractivity contribution >= 4 is 44.9 Å². The maximum Gasteiger partial charge on any atom is 0.294 e. The lowest BCUT2D eigenvalue weighted by atomic mass is 10.2. The van der Waals surface area contributed by atoms with Crippen LogP contribution in [0, 0.1) is 12.3 Å². The zero-order chi connectivity index (χ0) is 17.0. The Hall–Kier alpha value is -1.91. The molecule has 1 saturated heterocycles. The van der Waals surface area contributed by atoms with E-state index < -0.39 is 0 Å². The van der Waals surface area contributed by atoms with Crippen molar-refractivity contribution in [3.8, 4) is 23.8 Å². The van der Waals surface area contributed by atoms with Crippen molar-refractivity contribution in [2.24, 2.45) is 0 Å². The van der Waals surface area contributed by atoms with E-state index >= 15 is 0 Å². The number of thioether (sulfide) groups is 1. The summed E-state index contributed by atoms with van der Waals surface area (Å²) in [5, 5.41) is -0.365. The number of carbonyl (C=O) groups excluding carboxylic acids is 2. The van der Waals surface area contributed by atoms with Gasteiger partial charge in [-0.2, -0.15) is 0 Å². The molecule has 0 spiro atoms. The van der Waals surface area contributed by atoms with Crippen LogP contribution in [-0.2, 0) is 4.79 Å². The molecule has 120 valence electrons. The van der Waals surface area contributed by atoms with E-state index in [1.807, 2.05) is 6.92 Å². The highest BCUT2D eigenvalue weighted by atomic mass is 79.9. The molecule has 1 fully saturated rings. The summed E-state index contributed by atoms with van der Waals surface area (Å²) in [6.07, 6.45) is 6.80. The van der Waals surface area contributed by atoms with Crippen LogP contribution >= 0.6 is 27.7 Å². The van der Waals surface area contributed by atoms with Crippen LogP contribution in [-0.4, -0.2) is 36.3 Å². The van der Waals surface area contributed by atoms with Crippen molar-refractivity contribution in [1.82, 2.24) is 4.90 Å². The lowest BCUT2D eigenvalue weighted by Gasteiger charge is -2.12. The van der Waals surface area contributed by atoms with Gasteiger partial charge in [0.2, 0.25) is 0 Å². The molecule has 0 saturated carbocycles. The molecule has 0 atom stereocenters. The number of hydrogen-bond acceptors (Lipinski definition) is 5. The zero-order valence-corrected chi connectivity index (χ0v) is 15.0. The average molecular weight is 396 g/mol. The van der Waals surface area contributed by atoms with Crippen LogP contribution in [0.15, 0.2) is 21.5 Å². The maximum absolute atomic E-state index is 12.2. The van der Waals surface area contributed by atoms with Crippen molar-refractivity contribution in [2.75, 3.05) is 20.3 Å². The second kappa shape index (κ2) is 7.57. The van der Waals surface area contributed by atoms with Crippen LogP contribution in [0.4, 0.5) is 4.79 Å². The van der Waals surface area contributed by atoms with Gasteiger partial charge in [-0.25, -0.2) is 0 Å². The zero-order valence-electron chi connectivity index (χ0n) is 12.6. The lowest BCUT2D eigenvalue weighted by molar-refractivity contribution is -0.122. The van der Waals surface area contributed by atoms with E-state index in [1.54, 1.807) is 18.2 Å². The number of hydrogen-bond donors (Lipinski definition) is 0. The lowest BCUT2D eigenvalue weighted by Crippen LogP contribution is -2.28. The van der Waals surface area contributed by atoms with Crippen LogP contribution in [0.3, 0.4) is 0 Å². The average Bonchev–Trinajstić information content (AvgIpc) is 2.77. The normalized spacial score (nSPS) is 15.9. The number of nitrogens with zero attached hydrogens (tertiary/aromatic N) is 1. The van der Waals surface area contributed by atoms with E-state index in [0.29, 0.717) is 33.0 Å². The van der Waals surface area contributed by atoms with Crippen LogP contribution in [0.5, 0.6) is 11.5 Å². The van der Waals surface area contributed by atoms with Gasteiger partial charge in [0.25, 0.3) is 11.1 Å². The van der Waals surface area contributed by atoms with Crippen molar-refractivity contribution in [3.05, 3.63) is 27.1 Å². The molecular weight excluding hydrogens is 382 g/mol. The fourth-order valence-corrected chi connectivity index (χ4v) is 3.40. The van der Waals surface area contributed by atoms with E-state index in [9.17, 15) is 9.59 Å². The molecule has 0 unspecified atom stereocenters. The summed E-state index contributed by atoms with van der Waals surface area (Å²) in [5.41, 5.74) is 0.711. The standard InChI is InChI=1S/C16H14BrNO4S/c1-4-6-18-15(19)13(23-16(18)20)9-10-7-11(17)14(22-5-2)12(8-10)21-3/h1,7-9H,5-6H2,2-3H3. The molecule has 0 radical (unpaired) electrons. The topological polar surface area (TPSA) is 55.8 Å². The third kappa shape index (κ3) is 3.71. The number of methoxy groups -OCH3 is 1. The van der Waals surface area contributed by atoms with Gasteiger partial charge in [-0.3, -0.25) is 14.5 Å². The van der Waals surface area contributed by atoms with Crippen LogP contribution in [0.2, 0.25) is 0 Å². The second-order valence-corrected chi connectivity index (χ2v) is 6.29. The Morgan fingerprint density at radius 2 is 2.17 bits per heavy atom. The predicted octanol–water partition coefficient (Wildman–Crippen LogP) is 3.53. The SMILES string of the molecule is C#CCN1C(=O)SC(=Cc2cc(Br)c(OCC)c(OC)c2)C1=O. The van der Waals surface area contributed by atoms with E-state index in [0.717, 1.165) is 16.7 Å². The van der Waals surface area contributed by atoms with Gasteiger partial charge < -0.3 is 9.47 Å². The first-order valence-electron chi connectivity index (χ1n) is 6.71. The minimum atomic E-state index is -0.387. The number of rotatable bonds is 5. The molecular formula is C16H14BrNO4S. The van der Waals surface area contributed by atoms with Gasteiger partial charge in [0.05, 0.1) is 29.6 Å². The molecule has 5 nitrogen and oxygen atoms in total. The third-order valence-electron chi connectivity index (χ3n) is 2.96. The molecule has 1 aromatic rings. The number of benzene rings is 1. The molecule has 2 amide bonds. The summed E-state index contributed by atoms with van der Waals surface area (Å²) in [6.45, 7) is 2.35. The van der Waals surface area contributed by atoms with Crippen LogP contribution in [0.1, 0.15) is 12.5 Å². The monoisotopic (exact) mass is 395 g/mol. The Labute approximate surface area is 147 Å². The maximum atomic E-state index is 12.2. The molecule has 23 heavy (non-hydrogen) atoms. The number of carbonyl (C=O) groups is 2. The second-order valence-electron chi connectivity index (χ2n) is 4.44. The molecule has 0 aromatic heterocycles. The van der Waals surface area contributed by atoms with Gasteiger partial charge in [-0.1, -0.05) is 5.92 Å². The fraction of sp³-hybridized carbons (Fsp3) is 0.250. The number of terminal acetylenes is 1. The van der Waals surface area contributed by atoms with Crippen molar-refractivity contribution < 1.29 is 19.1 Å². The smallest absolute Gasteiger partial charge is 0.294 e. The number of halogens is 1. The Morgan fingerprint density at radius 1 is 1.43 bits per heavy atom. The summed E-state index contributed by atoms with van der Waals surface area (Å²) in [7, 11) is 1.54. The first kappa shape index (κ1) is 17.4. The molecule has 0 N–H and O–H groups in total. The molecule has 2 rings (SSSR count). The van der Waals surface area contributed by atoms with Gasteiger partial charge in [0.1, 0.15) is 0 Å². The van der Waals surface area contributed by atoms with Crippen molar-refractivity contribution in [2.45, 2.75) is 6.92 Å². The first-order chi connectivity index (χ1) is 11.0. The van der Waals surface area contributed by atoms with Gasteiger partial charge in [-0.05, 0) is 58.4 Å². The quantitative estimate of drug-likeness (QED) is 0.563. The van der Waals surface area contributed by atoms with Gasteiger partial charge in [0, 0.05) is 0 Å². The summed E-state index contributed by atoms with van der Waals surface area (Å²) >= 11 is 4.29. The third-order valence-corrected chi connectivity index (χ3v) is 4.46.